The van der Waals surface area contributed by atoms with Crippen molar-refractivity contribution in [2.45, 2.75) is 44.3 Å². The fraction of sp³-hybridized carbons (Fsp3) is 0.900. The average Bonchev–Trinajstić information content (AvgIpc) is 2.30. The molecule has 0 radical (unpaired) electrons. The molecular formula is C10H15F6NO3. The van der Waals surface area contributed by atoms with Crippen LogP contribution in [0.3, 0.4) is 0 Å². The minimum atomic E-state index is -5.99. The van der Waals surface area contributed by atoms with Crippen molar-refractivity contribution in [3.8, 4) is 0 Å². The van der Waals surface area contributed by atoms with Crippen molar-refractivity contribution in [1.29, 1.82) is 0 Å². The Morgan fingerprint density at radius 1 is 1.15 bits per heavy atom. The summed E-state index contributed by atoms with van der Waals surface area (Å²) in [5.41, 5.74) is -5.04. The fourth-order valence-electron chi connectivity index (χ4n) is 1.27. The average molecular weight is 311 g/mol. The Morgan fingerprint density at radius 3 is 1.85 bits per heavy atom. The highest BCUT2D eigenvalue weighted by molar-refractivity contribution is 5.78. The quantitative estimate of drug-likeness (QED) is 0.672. The predicted octanol–water partition coefficient (Wildman–Crippen LogP) is 1.37. The Labute approximate surface area is 110 Å². The van der Waals surface area contributed by atoms with Gasteiger partial charge in [0.15, 0.2) is 0 Å². The van der Waals surface area contributed by atoms with Crippen LogP contribution >= 0.6 is 0 Å². The highest BCUT2D eigenvalue weighted by Crippen LogP contribution is 2.42. The molecule has 0 aliphatic carbocycles. The molecule has 0 spiro atoms. The Kier molecular flexibility index (Phi) is 5.85. The molecule has 2 atom stereocenters. The van der Waals surface area contributed by atoms with Gasteiger partial charge in [-0.05, 0) is 6.42 Å². The molecule has 0 aromatic carbocycles. The number of alkyl halides is 6. The maximum Gasteiger partial charge on any atom is 0.428 e. The van der Waals surface area contributed by atoms with Crippen LogP contribution in [0.4, 0.5) is 26.3 Å². The summed E-state index contributed by atoms with van der Waals surface area (Å²) >= 11 is 0. The van der Waals surface area contributed by atoms with E-state index < -0.39 is 42.4 Å². The van der Waals surface area contributed by atoms with Gasteiger partial charge >= 0.3 is 12.4 Å². The summed E-state index contributed by atoms with van der Waals surface area (Å²) in [5.74, 6) is -2.42. The molecule has 3 N–H and O–H groups in total. The molecule has 0 aliphatic heterocycles. The Morgan fingerprint density at radius 2 is 1.55 bits per heavy atom. The lowest BCUT2D eigenvalue weighted by Gasteiger charge is -2.32. The van der Waals surface area contributed by atoms with E-state index in [-0.39, 0.29) is 6.42 Å². The monoisotopic (exact) mass is 311 g/mol. The number of rotatable bonds is 5. The molecule has 0 bridgehead atoms. The van der Waals surface area contributed by atoms with Gasteiger partial charge in [0.05, 0.1) is 18.6 Å². The third kappa shape index (κ3) is 3.98. The second-order valence-corrected chi connectivity index (χ2v) is 4.34. The van der Waals surface area contributed by atoms with Crippen molar-refractivity contribution in [3.63, 3.8) is 0 Å². The molecule has 4 nitrogen and oxygen atoms in total. The number of hydrogen-bond donors (Lipinski definition) is 3. The van der Waals surface area contributed by atoms with Gasteiger partial charge in [0.2, 0.25) is 5.91 Å². The van der Waals surface area contributed by atoms with E-state index in [0.29, 0.717) is 0 Å². The van der Waals surface area contributed by atoms with Crippen molar-refractivity contribution in [2.75, 3.05) is 6.54 Å². The molecule has 0 aromatic heterocycles. The predicted molar refractivity (Wildman–Crippen MR) is 55.5 cm³/mol. The molecule has 10 heteroatoms. The van der Waals surface area contributed by atoms with Crippen LogP contribution in [0.15, 0.2) is 0 Å². The van der Waals surface area contributed by atoms with Crippen LogP contribution in [0, 0.1) is 5.92 Å². The summed E-state index contributed by atoms with van der Waals surface area (Å²) in [4.78, 5) is 11.3. The molecular weight excluding hydrogens is 296 g/mol. The summed E-state index contributed by atoms with van der Waals surface area (Å²) in [6, 6.07) is 0. The number of nitrogens with one attached hydrogen (secondary N) is 1. The molecule has 0 saturated carbocycles. The van der Waals surface area contributed by atoms with Crippen molar-refractivity contribution in [3.05, 3.63) is 0 Å². The van der Waals surface area contributed by atoms with Gasteiger partial charge in [-0.15, -0.1) is 0 Å². The van der Waals surface area contributed by atoms with Crippen LogP contribution in [0.2, 0.25) is 0 Å². The molecule has 0 rings (SSSR count). The van der Waals surface area contributed by atoms with E-state index in [1.807, 2.05) is 0 Å². The van der Waals surface area contributed by atoms with Gasteiger partial charge < -0.3 is 15.5 Å². The number of aliphatic hydroxyl groups is 2. The largest absolute Gasteiger partial charge is 0.428 e. The van der Waals surface area contributed by atoms with Crippen molar-refractivity contribution in [1.82, 2.24) is 5.32 Å². The molecule has 0 saturated heterocycles. The third-order valence-corrected chi connectivity index (χ3v) is 2.87. The summed E-state index contributed by atoms with van der Waals surface area (Å²) in [6.45, 7) is 0.555. The van der Waals surface area contributed by atoms with Crippen molar-refractivity contribution >= 4 is 5.91 Å². The zero-order chi connectivity index (χ0) is 16.4. The SMILES string of the molecule is CCC(O)C(C)C(=O)NCC(O)(C(F)(F)F)C(F)(F)F. The van der Waals surface area contributed by atoms with E-state index >= 15 is 0 Å². The van der Waals surface area contributed by atoms with E-state index in [0.717, 1.165) is 6.92 Å². The highest BCUT2D eigenvalue weighted by Gasteiger charge is 2.70. The summed E-state index contributed by atoms with van der Waals surface area (Å²) < 4.78 is 73.8. The lowest BCUT2D eigenvalue weighted by atomic mass is 9.99. The number of carbonyl (C=O) groups is 1. The Balaban J connectivity index is 4.95. The Hall–Kier alpha value is -1.03. The van der Waals surface area contributed by atoms with E-state index in [9.17, 15) is 36.2 Å². The first-order chi connectivity index (χ1) is 8.78. The zero-order valence-electron chi connectivity index (χ0n) is 10.6. The van der Waals surface area contributed by atoms with E-state index in [2.05, 4.69) is 0 Å². The molecule has 0 aromatic rings. The van der Waals surface area contributed by atoms with Gasteiger partial charge in [0.1, 0.15) is 0 Å². The summed E-state index contributed by atoms with van der Waals surface area (Å²) in [7, 11) is 0. The highest BCUT2D eigenvalue weighted by atomic mass is 19.4. The second-order valence-electron chi connectivity index (χ2n) is 4.34. The first kappa shape index (κ1) is 19.0. The third-order valence-electron chi connectivity index (χ3n) is 2.87. The van der Waals surface area contributed by atoms with Gasteiger partial charge in [-0.25, -0.2) is 0 Å². The van der Waals surface area contributed by atoms with E-state index in [1.54, 1.807) is 0 Å². The second kappa shape index (κ2) is 6.17. The molecule has 20 heavy (non-hydrogen) atoms. The molecule has 2 unspecified atom stereocenters. The van der Waals surface area contributed by atoms with Crippen molar-refractivity contribution in [2.24, 2.45) is 5.92 Å². The fourth-order valence-corrected chi connectivity index (χ4v) is 1.27. The number of aliphatic hydroxyl groups excluding tert-OH is 1. The van der Waals surface area contributed by atoms with Gasteiger partial charge in [-0.2, -0.15) is 26.3 Å². The van der Waals surface area contributed by atoms with Crippen LogP contribution in [-0.4, -0.2) is 46.7 Å². The standard InChI is InChI=1S/C10H15F6NO3/c1-3-6(18)5(2)7(19)17-4-8(20,9(11,12)13)10(14,15)16/h5-6,18,20H,3-4H2,1-2H3,(H,17,19). The van der Waals surface area contributed by atoms with Crippen LogP contribution < -0.4 is 5.32 Å². The van der Waals surface area contributed by atoms with Crippen LogP contribution in [-0.2, 0) is 4.79 Å². The van der Waals surface area contributed by atoms with Crippen molar-refractivity contribution < 1.29 is 41.4 Å². The summed E-state index contributed by atoms with van der Waals surface area (Å²) in [6.07, 6.45) is -13.1. The number of hydrogen-bond acceptors (Lipinski definition) is 3. The van der Waals surface area contributed by atoms with E-state index in [1.165, 1.54) is 12.2 Å². The number of halogens is 6. The maximum absolute atomic E-state index is 12.3. The summed E-state index contributed by atoms with van der Waals surface area (Å²) in [5, 5.41) is 19.4. The molecule has 0 heterocycles. The minimum absolute atomic E-state index is 0.0946. The van der Waals surface area contributed by atoms with Gasteiger partial charge in [0, 0.05) is 0 Å². The smallest absolute Gasteiger partial charge is 0.392 e. The molecule has 1 amide bonds. The zero-order valence-corrected chi connectivity index (χ0v) is 10.6. The molecule has 0 fully saturated rings. The minimum Gasteiger partial charge on any atom is -0.392 e. The topological polar surface area (TPSA) is 69.6 Å². The lowest BCUT2D eigenvalue weighted by Crippen LogP contribution is -2.63. The van der Waals surface area contributed by atoms with Crippen LogP contribution in [0.1, 0.15) is 20.3 Å². The van der Waals surface area contributed by atoms with Crippen LogP contribution in [0.25, 0.3) is 0 Å². The maximum atomic E-state index is 12.3. The normalized spacial score (nSPS) is 16.7. The van der Waals surface area contributed by atoms with E-state index in [4.69, 9.17) is 5.11 Å². The molecule has 0 aliphatic rings. The van der Waals surface area contributed by atoms with Gasteiger partial charge in [0.25, 0.3) is 5.60 Å². The molecule has 120 valence electrons. The first-order valence-electron chi connectivity index (χ1n) is 5.59. The lowest BCUT2D eigenvalue weighted by molar-refractivity contribution is -0.364. The number of amides is 1. The number of carbonyl (C=O) groups excluding carboxylic acids is 1. The van der Waals surface area contributed by atoms with Gasteiger partial charge in [-0.1, -0.05) is 13.8 Å². The Bertz CT molecular complexity index is 327. The van der Waals surface area contributed by atoms with Crippen LogP contribution in [0.5, 0.6) is 0 Å². The van der Waals surface area contributed by atoms with Gasteiger partial charge in [-0.3, -0.25) is 4.79 Å². The first-order valence-corrected chi connectivity index (χ1v) is 5.59.